The summed E-state index contributed by atoms with van der Waals surface area (Å²) in [4.78, 5) is 0. The van der Waals surface area contributed by atoms with Gasteiger partial charge >= 0.3 is 0 Å². The zero-order valence-corrected chi connectivity index (χ0v) is 14.8. The molecule has 0 amide bonds. The van der Waals surface area contributed by atoms with Gasteiger partial charge in [-0.2, -0.15) is 0 Å². The molecule has 0 aliphatic heterocycles. The molecule has 128 valence electrons. The molecule has 0 aliphatic rings. The van der Waals surface area contributed by atoms with Gasteiger partial charge in [-0.3, -0.25) is 0 Å². The molecule has 0 spiro atoms. The molecule has 0 unspecified atom stereocenters. The number of rotatable bonds is 6. The molecule has 0 fully saturated rings. The number of benzene rings is 3. The molecule has 0 radical (unpaired) electrons. The number of halogens is 3. The van der Waals surface area contributed by atoms with Crippen LogP contribution in [0.4, 0.5) is 10.1 Å². The van der Waals surface area contributed by atoms with Crippen molar-refractivity contribution in [2.75, 3.05) is 5.32 Å². The summed E-state index contributed by atoms with van der Waals surface area (Å²) in [6.45, 7) is 0.948. The Kier molecular flexibility index (Phi) is 5.79. The minimum absolute atomic E-state index is 0.285. The molecule has 25 heavy (non-hydrogen) atoms. The van der Waals surface area contributed by atoms with Crippen molar-refractivity contribution >= 4 is 28.9 Å². The molecule has 1 N–H and O–H groups in total. The fraction of sp³-hybridized carbons (Fsp3) is 0.100. The van der Waals surface area contributed by atoms with Crippen LogP contribution in [-0.2, 0) is 13.2 Å². The monoisotopic (exact) mass is 375 g/mol. The van der Waals surface area contributed by atoms with Crippen LogP contribution in [-0.4, -0.2) is 0 Å². The van der Waals surface area contributed by atoms with Crippen LogP contribution in [0.25, 0.3) is 0 Å². The molecule has 3 aromatic carbocycles. The number of hydrogen-bond donors (Lipinski definition) is 1. The molecule has 0 atom stereocenters. The SMILES string of the molecule is Fc1ccc(COc2cccc(CNc3ccc(Cl)cc3)c2)c(Cl)c1. The number of anilines is 1. The normalized spacial score (nSPS) is 10.5. The maximum atomic E-state index is 13.1. The average Bonchev–Trinajstić information content (AvgIpc) is 2.61. The van der Waals surface area contributed by atoms with Crippen molar-refractivity contribution in [1.29, 1.82) is 0 Å². The molecule has 0 bridgehead atoms. The molecule has 3 aromatic rings. The minimum atomic E-state index is -0.357. The molecule has 0 aromatic heterocycles. The highest BCUT2D eigenvalue weighted by Crippen LogP contribution is 2.21. The molecular weight excluding hydrogens is 360 g/mol. The Balaban J connectivity index is 1.60. The topological polar surface area (TPSA) is 21.3 Å². The van der Waals surface area contributed by atoms with Gasteiger partial charge in [-0.05, 0) is 54.1 Å². The highest BCUT2D eigenvalue weighted by molar-refractivity contribution is 6.31. The number of ether oxygens (including phenoxy) is 1. The van der Waals surface area contributed by atoms with E-state index >= 15 is 0 Å². The van der Waals surface area contributed by atoms with Gasteiger partial charge < -0.3 is 10.1 Å². The van der Waals surface area contributed by atoms with Crippen LogP contribution in [0, 0.1) is 5.82 Å². The third kappa shape index (κ3) is 5.12. The lowest BCUT2D eigenvalue weighted by Crippen LogP contribution is -2.01. The van der Waals surface area contributed by atoms with E-state index < -0.39 is 0 Å². The molecule has 0 saturated heterocycles. The van der Waals surface area contributed by atoms with Gasteiger partial charge in [-0.1, -0.05) is 41.4 Å². The summed E-state index contributed by atoms with van der Waals surface area (Å²) >= 11 is 11.9. The highest BCUT2D eigenvalue weighted by atomic mass is 35.5. The van der Waals surface area contributed by atoms with Gasteiger partial charge in [0.25, 0.3) is 0 Å². The first kappa shape index (κ1) is 17.6. The molecule has 5 heteroatoms. The van der Waals surface area contributed by atoms with Gasteiger partial charge in [-0.25, -0.2) is 4.39 Å². The summed E-state index contributed by atoms with van der Waals surface area (Å²) in [6, 6.07) is 19.6. The summed E-state index contributed by atoms with van der Waals surface area (Å²) in [5.41, 5.74) is 2.82. The van der Waals surface area contributed by atoms with E-state index in [-0.39, 0.29) is 12.4 Å². The predicted octanol–water partition coefficient (Wildman–Crippen LogP) is 6.32. The van der Waals surface area contributed by atoms with Crippen LogP contribution < -0.4 is 10.1 Å². The average molecular weight is 376 g/mol. The molecule has 0 saturated carbocycles. The second kappa shape index (κ2) is 8.24. The Morgan fingerprint density at radius 1 is 0.920 bits per heavy atom. The molecular formula is C20H16Cl2FNO. The molecule has 0 heterocycles. The van der Waals surface area contributed by atoms with E-state index in [9.17, 15) is 4.39 Å². The Labute approximate surface area is 156 Å². The van der Waals surface area contributed by atoms with Crippen LogP contribution in [0.15, 0.2) is 66.7 Å². The van der Waals surface area contributed by atoms with Crippen molar-refractivity contribution in [3.05, 3.63) is 93.7 Å². The number of nitrogens with one attached hydrogen (secondary N) is 1. The van der Waals surface area contributed by atoms with Crippen LogP contribution >= 0.6 is 23.2 Å². The fourth-order valence-corrected chi connectivity index (χ4v) is 2.66. The van der Waals surface area contributed by atoms with Crippen LogP contribution in [0.2, 0.25) is 10.0 Å². The van der Waals surface area contributed by atoms with Gasteiger partial charge in [0.2, 0.25) is 0 Å². The highest BCUT2D eigenvalue weighted by Gasteiger charge is 2.04. The molecule has 0 aliphatic carbocycles. The first-order valence-corrected chi connectivity index (χ1v) is 8.51. The molecule has 2 nitrogen and oxygen atoms in total. The van der Waals surface area contributed by atoms with Crippen molar-refractivity contribution in [1.82, 2.24) is 0 Å². The van der Waals surface area contributed by atoms with Crippen molar-refractivity contribution in [2.24, 2.45) is 0 Å². The second-order valence-electron chi connectivity index (χ2n) is 5.53. The largest absolute Gasteiger partial charge is 0.489 e. The number of hydrogen-bond acceptors (Lipinski definition) is 2. The third-order valence-electron chi connectivity index (χ3n) is 3.65. The predicted molar refractivity (Wildman–Crippen MR) is 101 cm³/mol. The lowest BCUT2D eigenvalue weighted by molar-refractivity contribution is 0.306. The Bertz CT molecular complexity index is 853. The van der Waals surface area contributed by atoms with Gasteiger partial charge in [-0.15, -0.1) is 0 Å². The maximum Gasteiger partial charge on any atom is 0.124 e. The summed E-state index contributed by atoms with van der Waals surface area (Å²) in [5.74, 6) is 0.375. The smallest absolute Gasteiger partial charge is 0.124 e. The second-order valence-corrected chi connectivity index (χ2v) is 6.38. The lowest BCUT2D eigenvalue weighted by atomic mass is 10.2. The summed E-state index contributed by atoms with van der Waals surface area (Å²) in [6.07, 6.45) is 0. The van der Waals surface area contributed by atoms with E-state index in [1.165, 1.54) is 12.1 Å². The van der Waals surface area contributed by atoms with E-state index in [4.69, 9.17) is 27.9 Å². The van der Waals surface area contributed by atoms with E-state index in [2.05, 4.69) is 5.32 Å². The maximum absolute atomic E-state index is 13.1. The Morgan fingerprint density at radius 2 is 1.72 bits per heavy atom. The Morgan fingerprint density at radius 3 is 2.48 bits per heavy atom. The van der Waals surface area contributed by atoms with Crippen LogP contribution in [0.1, 0.15) is 11.1 Å². The standard InChI is InChI=1S/C20H16Cl2FNO/c21-16-5-8-18(9-6-16)24-12-14-2-1-3-19(10-14)25-13-15-4-7-17(23)11-20(15)22/h1-11,24H,12-13H2. The van der Waals surface area contributed by atoms with Crippen LogP contribution in [0.3, 0.4) is 0 Å². The zero-order valence-electron chi connectivity index (χ0n) is 13.3. The Hall–Kier alpha value is -2.23. The first-order chi connectivity index (χ1) is 12.1. The third-order valence-corrected chi connectivity index (χ3v) is 4.25. The van der Waals surface area contributed by atoms with Crippen molar-refractivity contribution in [3.63, 3.8) is 0 Å². The van der Waals surface area contributed by atoms with E-state index in [1.54, 1.807) is 6.07 Å². The summed E-state index contributed by atoms with van der Waals surface area (Å²) in [7, 11) is 0. The quantitative estimate of drug-likeness (QED) is 0.543. The van der Waals surface area contributed by atoms with E-state index in [0.29, 0.717) is 16.6 Å². The van der Waals surface area contributed by atoms with E-state index in [0.717, 1.165) is 22.6 Å². The fourth-order valence-electron chi connectivity index (χ4n) is 2.32. The zero-order chi connectivity index (χ0) is 17.6. The first-order valence-electron chi connectivity index (χ1n) is 7.75. The summed E-state index contributed by atoms with van der Waals surface area (Å²) < 4.78 is 18.8. The van der Waals surface area contributed by atoms with E-state index in [1.807, 2.05) is 48.5 Å². The minimum Gasteiger partial charge on any atom is -0.489 e. The lowest BCUT2D eigenvalue weighted by Gasteiger charge is -2.11. The molecule has 3 rings (SSSR count). The van der Waals surface area contributed by atoms with Crippen molar-refractivity contribution < 1.29 is 9.13 Å². The van der Waals surface area contributed by atoms with Gasteiger partial charge in [0.15, 0.2) is 0 Å². The van der Waals surface area contributed by atoms with Gasteiger partial charge in [0, 0.05) is 22.8 Å². The van der Waals surface area contributed by atoms with Crippen LogP contribution in [0.5, 0.6) is 5.75 Å². The van der Waals surface area contributed by atoms with Gasteiger partial charge in [0.1, 0.15) is 18.2 Å². The van der Waals surface area contributed by atoms with Crippen molar-refractivity contribution in [3.8, 4) is 5.75 Å². The van der Waals surface area contributed by atoms with Crippen molar-refractivity contribution in [2.45, 2.75) is 13.2 Å². The summed E-state index contributed by atoms with van der Waals surface area (Å²) in [5, 5.41) is 4.40. The van der Waals surface area contributed by atoms with Gasteiger partial charge in [0.05, 0.1) is 5.02 Å².